The summed E-state index contributed by atoms with van der Waals surface area (Å²) in [5, 5.41) is 3.38. The molecule has 4 nitrogen and oxygen atoms in total. The van der Waals surface area contributed by atoms with Gasteiger partial charge in [-0.25, -0.2) is 0 Å². The molecule has 1 N–H and O–H groups in total. The number of aromatic nitrogens is 1. The van der Waals surface area contributed by atoms with Crippen molar-refractivity contribution < 1.29 is 9.47 Å². The number of hydrogen-bond acceptors (Lipinski definition) is 5. The van der Waals surface area contributed by atoms with Crippen LogP contribution >= 0.6 is 11.3 Å². The minimum Gasteiger partial charge on any atom is -0.493 e. The van der Waals surface area contributed by atoms with Gasteiger partial charge in [0, 0.05) is 22.8 Å². The third kappa shape index (κ3) is 3.42. The van der Waals surface area contributed by atoms with Gasteiger partial charge in [-0.1, -0.05) is 0 Å². The highest BCUT2D eigenvalue weighted by Gasteiger charge is 2.22. The van der Waals surface area contributed by atoms with Crippen molar-refractivity contribution in [2.24, 2.45) is 5.92 Å². The Morgan fingerprint density at radius 2 is 2.25 bits per heavy atom. The molecule has 0 spiro atoms. The van der Waals surface area contributed by atoms with Crippen molar-refractivity contribution in [3.8, 4) is 11.5 Å². The molecule has 0 unspecified atom stereocenters. The summed E-state index contributed by atoms with van der Waals surface area (Å²) < 4.78 is 11.2. The summed E-state index contributed by atoms with van der Waals surface area (Å²) in [5.74, 6) is 2.33. The van der Waals surface area contributed by atoms with Gasteiger partial charge < -0.3 is 14.8 Å². The van der Waals surface area contributed by atoms with Gasteiger partial charge in [-0.15, -0.1) is 11.3 Å². The highest BCUT2D eigenvalue weighted by atomic mass is 32.1. The summed E-state index contributed by atoms with van der Waals surface area (Å²) in [7, 11) is 1.67. The van der Waals surface area contributed by atoms with Crippen LogP contribution in [0, 0.1) is 5.92 Å². The molecule has 1 aromatic carbocycles. The summed E-state index contributed by atoms with van der Waals surface area (Å²) >= 11 is 1.65. The van der Waals surface area contributed by atoms with Gasteiger partial charge in [-0.2, -0.15) is 0 Å². The predicted molar refractivity (Wildman–Crippen MR) is 80.7 cm³/mol. The van der Waals surface area contributed by atoms with Crippen molar-refractivity contribution in [1.29, 1.82) is 0 Å². The number of ether oxygens (including phenoxy) is 2. The second kappa shape index (κ2) is 6.13. The lowest BCUT2D eigenvalue weighted by Crippen LogP contribution is -2.03. The topological polar surface area (TPSA) is 43.4 Å². The first-order valence-corrected chi connectivity index (χ1v) is 7.65. The highest BCUT2D eigenvalue weighted by Crippen LogP contribution is 2.34. The Morgan fingerprint density at radius 3 is 2.95 bits per heavy atom. The molecular weight excluding hydrogens is 272 g/mol. The first-order valence-electron chi connectivity index (χ1n) is 6.77. The van der Waals surface area contributed by atoms with Crippen LogP contribution in [0.25, 0.3) is 0 Å². The van der Waals surface area contributed by atoms with Crippen molar-refractivity contribution in [2.75, 3.05) is 19.0 Å². The predicted octanol–water partition coefficient (Wildman–Crippen LogP) is 3.55. The molecular formula is C15H18N2O2S. The Morgan fingerprint density at radius 1 is 1.35 bits per heavy atom. The van der Waals surface area contributed by atoms with Crippen LogP contribution in [0.4, 0.5) is 5.69 Å². The summed E-state index contributed by atoms with van der Waals surface area (Å²) in [6, 6.07) is 5.95. The SMILES string of the molecule is COc1ccc(NCc2cncs2)cc1OCC1CC1. The quantitative estimate of drug-likeness (QED) is 0.847. The number of hydrogen-bond donors (Lipinski definition) is 1. The van der Waals surface area contributed by atoms with Gasteiger partial charge in [0.25, 0.3) is 0 Å². The Labute approximate surface area is 122 Å². The van der Waals surface area contributed by atoms with E-state index in [0.717, 1.165) is 36.3 Å². The number of thiazole rings is 1. The van der Waals surface area contributed by atoms with Crippen LogP contribution in [0.5, 0.6) is 11.5 Å². The number of benzene rings is 1. The summed E-state index contributed by atoms with van der Waals surface area (Å²) in [6.45, 7) is 1.56. The molecule has 1 fully saturated rings. The Hall–Kier alpha value is -1.75. The van der Waals surface area contributed by atoms with E-state index < -0.39 is 0 Å². The fraction of sp³-hybridized carbons (Fsp3) is 0.400. The lowest BCUT2D eigenvalue weighted by molar-refractivity contribution is 0.280. The summed E-state index contributed by atoms with van der Waals surface area (Å²) in [4.78, 5) is 5.28. The normalized spacial score (nSPS) is 14.1. The maximum atomic E-state index is 5.85. The molecule has 3 rings (SSSR count). The van der Waals surface area contributed by atoms with Crippen LogP contribution in [-0.4, -0.2) is 18.7 Å². The highest BCUT2D eigenvalue weighted by molar-refractivity contribution is 7.09. The van der Waals surface area contributed by atoms with Crippen LogP contribution in [-0.2, 0) is 6.54 Å². The third-order valence-corrected chi connectivity index (χ3v) is 4.06. The molecule has 1 aliphatic carbocycles. The first-order chi connectivity index (χ1) is 9.85. The van der Waals surface area contributed by atoms with Gasteiger partial charge in [0.2, 0.25) is 0 Å². The van der Waals surface area contributed by atoms with Crippen LogP contribution in [0.15, 0.2) is 29.9 Å². The lowest BCUT2D eigenvalue weighted by atomic mass is 10.2. The molecule has 1 aliphatic rings. The average molecular weight is 290 g/mol. The number of anilines is 1. The van der Waals surface area contributed by atoms with Crippen molar-refractivity contribution >= 4 is 17.0 Å². The number of rotatable bonds is 7. The average Bonchev–Trinajstić information content (AvgIpc) is 3.17. The zero-order chi connectivity index (χ0) is 13.8. The smallest absolute Gasteiger partial charge is 0.163 e. The molecule has 0 radical (unpaired) electrons. The van der Waals surface area contributed by atoms with Gasteiger partial charge in [0.1, 0.15) is 0 Å². The molecule has 0 atom stereocenters. The van der Waals surface area contributed by atoms with E-state index in [4.69, 9.17) is 9.47 Å². The van der Waals surface area contributed by atoms with Gasteiger partial charge in [-0.3, -0.25) is 4.98 Å². The number of nitrogens with zero attached hydrogens (tertiary/aromatic N) is 1. The number of nitrogens with one attached hydrogen (secondary N) is 1. The van der Waals surface area contributed by atoms with Gasteiger partial charge in [-0.05, 0) is 30.9 Å². The first kappa shape index (κ1) is 13.2. The third-order valence-electron chi connectivity index (χ3n) is 3.29. The van der Waals surface area contributed by atoms with Crippen LogP contribution in [0.1, 0.15) is 17.7 Å². The van der Waals surface area contributed by atoms with E-state index in [9.17, 15) is 0 Å². The lowest BCUT2D eigenvalue weighted by Gasteiger charge is -2.13. The van der Waals surface area contributed by atoms with Gasteiger partial charge >= 0.3 is 0 Å². The minimum atomic E-state index is 0.730. The summed E-state index contributed by atoms with van der Waals surface area (Å²) in [6.07, 6.45) is 4.45. The molecule has 2 aromatic rings. The monoisotopic (exact) mass is 290 g/mol. The standard InChI is InChI=1S/C15H18N2O2S/c1-18-14-5-4-12(17-8-13-7-16-10-20-13)6-15(14)19-9-11-2-3-11/h4-7,10-11,17H,2-3,8-9H2,1H3. The van der Waals surface area contributed by atoms with Crippen molar-refractivity contribution in [1.82, 2.24) is 4.98 Å². The zero-order valence-electron chi connectivity index (χ0n) is 11.5. The number of methoxy groups -OCH3 is 1. The maximum absolute atomic E-state index is 5.85. The van der Waals surface area contributed by atoms with Gasteiger partial charge in [0.15, 0.2) is 11.5 Å². The molecule has 5 heteroatoms. The molecule has 1 aromatic heterocycles. The van der Waals surface area contributed by atoms with E-state index in [-0.39, 0.29) is 0 Å². The van der Waals surface area contributed by atoms with Crippen LogP contribution < -0.4 is 14.8 Å². The van der Waals surface area contributed by atoms with E-state index >= 15 is 0 Å². The van der Waals surface area contributed by atoms with E-state index in [1.165, 1.54) is 17.7 Å². The largest absolute Gasteiger partial charge is 0.493 e. The van der Waals surface area contributed by atoms with Crippen LogP contribution in [0.2, 0.25) is 0 Å². The van der Waals surface area contributed by atoms with E-state index in [0.29, 0.717) is 0 Å². The van der Waals surface area contributed by atoms with Gasteiger partial charge in [0.05, 0.1) is 25.8 Å². The maximum Gasteiger partial charge on any atom is 0.163 e. The second-order valence-electron chi connectivity index (χ2n) is 4.94. The van der Waals surface area contributed by atoms with Crippen LogP contribution in [0.3, 0.4) is 0 Å². The van der Waals surface area contributed by atoms with E-state index in [1.54, 1.807) is 18.4 Å². The molecule has 106 valence electrons. The van der Waals surface area contributed by atoms with Crippen molar-refractivity contribution in [3.63, 3.8) is 0 Å². The molecule has 1 heterocycles. The fourth-order valence-corrected chi connectivity index (χ4v) is 2.44. The fourth-order valence-electron chi connectivity index (χ4n) is 1.91. The Kier molecular flexibility index (Phi) is 4.06. The molecule has 0 amide bonds. The van der Waals surface area contributed by atoms with E-state index in [2.05, 4.69) is 10.3 Å². The Balaban J connectivity index is 1.65. The summed E-state index contributed by atoms with van der Waals surface area (Å²) in [5.41, 5.74) is 2.87. The molecule has 0 saturated heterocycles. The van der Waals surface area contributed by atoms with Crippen molar-refractivity contribution in [3.05, 3.63) is 34.8 Å². The minimum absolute atomic E-state index is 0.730. The molecule has 0 aliphatic heterocycles. The van der Waals surface area contributed by atoms with Crippen molar-refractivity contribution in [2.45, 2.75) is 19.4 Å². The van der Waals surface area contributed by atoms with E-state index in [1.807, 2.05) is 29.9 Å². The molecule has 0 bridgehead atoms. The Bertz CT molecular complexity index is 553. The second-order valence-corrected chi connectivity index (χ2v) is 5.91. The molecule has 20 heavy (non-hydrogen) atoms. The molecule has 1 saturated carbocycles. The zero-order valence-corrected chi connectivity index (χ0v) is 12.3.